The van der Waals surface area contributed by atoms with Crippen molar-refractivity contribution in [2.45, 2.75) is 55.8 Å². The van der Waals surface area contributed by atoms with Crippen LogP contribution in [0.5, 0.6) is 0 Å². The first-order chi connectivity index (χ1) is 18.7. The molecule has 3 N–H and O–H groups in total. The van der Waals surface area contributed by atoms with Gasteiger partial charge in [-0.2, -0.15) is 21.6 Å². The average Bonchev–Trinajstić information content (AvgIpc) is 3.22. The summed E-state index contributed by atoms with van der Waals surface area (Å²) in [5.74, 6) is -0.952. The summed E-state index contributed by atoms with van der Waals surface area (Å²) >= 11 is 0. The molecule has 1 spiro atoms. The monoisotopic (exact) mass is 618 g/mol. The number of carbonyl (C=O) groups is 2. The van der Waals surface area contributed by atoms with Crippen LogP contribution in [0.1, 0.15) is 37.8 Å². The lowest BCUT2D eigenvalue weighted by Crippen LogP contribution is -2.59. The molecule has 226 valence electrons. The first kappa shape index (κ1) is 32.6. The SMILES string of the molecule is CC(C)(N)C(=O)N[C@H](COCc1ccccc1)C(=O)N1CCC2(CC1)CN(S(=O)(=O)C(F)(F)F)c1ccccc12.Cl. The number of fused-ring (bicyclic) bond motifs is 2. The number of alkyl halides is 3. The lowest BCUT2D eigenvalue weighted by molar-refractivity contribution is -0.140. The molecule has 4 rings (SSSR count). The normalized spacial score (nSPS) is 17.5. The lowest BCUT2D eigenvalue weighted by Gasteiger charge is -2.41. The fraction of sp³-hybridized carbons (Fsp3) is 0.481. The number of piperidine rings is 1. The highest BCUT2D eigenvalue weighted by molar-refractivity contribution is 7.93. The summed E-state index contributed by atoms with van der Waals surface area (Å²) in [4.78, 5) is 27.7. The maximum atomic E-state index is 13.5. The number of carbonyl (C=O) groups excluding carboxylic acids is 2. The van der Waals surface area contributed by atoms with Crippen molar-refractivity contribution in [1.29, 1.82) is 0 Å². The molecule has 14 heteroatoms. The number of hydrogen-bond donors (Lipinski definition) is 2. The molecule has 1 fully saturated rings. The summed E-state index contributed by atoms with van der Waals surface area (Å²) in [6, 6.07) is 14.4. The Morgan fingerprint density at radius 3 is 2.22 bits per heavy atom. The molecular weight excluding hydrogens is 585 g/mol. The molecule has 2 aromatic carbocycles. The predicted octanol–water partition coefficient (Wildman–Crippen LogP) is 3.08. The third kappa shape index (κ3) is 6.79. The molecule has 0 aliphatic carbocycles. The number of nitrogens with one attached hydrogen (secondary N) is 1. The first-order valence-electron chi connectivity index (χ1n) is 12.8. The van der Waals surface area contributed by atoms with E-state index in [2.05, 4.69) is 5.32 Å². The van der Waals surface area contributed by atoms with Crippen LogP contribution >= 0.6 is 12.4 Å². The highest BCUT2D eigenvalue weighted by Gasteiger charge is 2.56. The minimum Gasteiger partial charge on any atom is -0.374 e. The Balaban J connectivity index is 0.00000462. The van der Waals surface area contributed by atoms with Crippen LogP contribution < -0.4 is 15.4 Å². The van der Waals surface area contributed by atoms with E-state index >= 15 is 0 Å². The van der Waals surface area contributed by atoms with Gasteiger partial charge < -0.3 is 20.7 Å². The van der Waals surface area contributed by atoms with Gasteiger partial charge in [0, 0.05) is 25.0 Å². The number of rotatable bonds is 8. The first-order valence-corrected chi connectivity index (χ1v) is 14.3. The number of para-hydroxylation sites is 1. The molecule has 0 radical (unpaired) electrons. The van der Waals surface area contributed by atoms with Gasteiger partial charge in [-0.3, -0.25) is 13.9 Å². The third-order valence-corrected chi connectivity index (χ3v) is 8.88. The summed E-state index contributed by atoms with van der Waals surface area (Å²) in [6.07, 6.45) is 0.487. The number of likely N-dealkylation sites (tertiary alicyclic amines) is 1. The average molecular weight is 619 g/mol. The van der Waals surface area contributed by atoms with Crippen molar-refractivity contribution in [2.24, 2.45) is 5.73 Å². The summed E-state index contributed by atoms with van der Waals surface area (Å²) in [5.41, 5.74) is -0.250. The van der Waals surface area contributed by atoms with Crippen LogP contribution in [0.4, 0.5) is 18.9 Å². The fourth-order valence-electron chi connectivity index (χ4n) is 5.11. The van der Waals surface area contributed by atoms with Gasteiger partial charge in [0.15, 0.2) is 0 Å². The Bertz CT molecular complexity index is 1340. The fourth-order valence-corrected chi connectivity index (χ4v) is 6.20. The predicted molar refractivity (Wildman–Crippen MR) is 150 cm³/mol. The molecule has 1 atom stereocenters. The molecule has 0 unspecified atom stereocenters. The highest BCUT2D eigenvalue weighted by Crippen LogP contribution is 2.49. The Hall–Kier alpha value is -2.87. The van der Waals surface area contributed by atoms with Gasteiger partial charge in [0.25, 0.3) is 0 Å². The minimum absolute atomic E-state index is 0. The van der Waals surface area contributed by atoms with E-state index < -0.39 is 44.3 Å². The van der Waals surface area contributed by atoms with E-state index in [-0.39, 0.29) is 63.8 Å². The van der Waals surface area contributed by atoms with Crippen molar-refractivity contribution in [3.05, 3.63) is 65.7 Å². The van der Waals surface area contributed by atoms with Gasteiger partial charge in [-0.25, -0.2) is 0 Å². The second-order valence-corrected chi connectivity index (χ2v) is 12.7. The van der Waals surface area contributed by atoms with Gasteiger partial charge in [-0.05, 0) is 43.9 Å². The van der Waals surface area contributed by atoms with E-state index in [9.17, 15) is 31.2 Å². The summed E-state index contributed by atoms with van der Waals surface area (Å²) in [7, 11) is -5.59. The van der Waals surface area contributed by atoms with Crippen LogP contribution in [0.25, 0.3) is 0 Å². The Morgan fingerprint density at radius 1 is 1.05 bits per heavy atom. The van der Waals surface area contributed by atoms with Crippen LogP contribution in [0.3, 0.4) is 0 Å². The minimum atomic E-state index is -5.59. The zero-order chi connectivity index (χ0) is 29.3. The lowest BCUT2D eigenvalue weighted by atomic mass is 9.74. The highest BCUT2D eigenvalue weighted by atomic mass is 35.5. The van der Waals surface area contributed by atoms with E-state index in [4.69, 9.17) is 10.5 Å². The molecular formula is C27H34ClF3N4O5S. The number of sulfonamides is 1. The van der Waals surface area contributed by atoms with Crippen molar-refractivity contribution < 1.29 is 35.9 Å². The van der Waals surface area contributed by atoms with E-state index in [1.807, 2.05) is 30.3 Å². The van der Waals surface area contributed by atoms with Crippen LogP contribution in [-0.2, 0) is 36.4 Å². The number of benzene rings is 2. The van der Waals surface area contributed by atoms with Crippen molar-refractivity contribution in [2.75, 3.05) is 30.5 Å². The van der Waals surface area contributed by atoms with Crippen LogP contribution in [0, 0.1) is 0 Å². The standard InChI is InChI=1S/C27H33F3N4O5S.ClH/c1-25(2,31)24(36)32-21(17-39-16-19-8-4-3-5-9-19)23(35)33-14-12-26(13-15-33)18-34(40(37,38)27(28,29)30)22-11-7-6-10-20(22)26;/h3-11,21H,12-18,31H2,1-2H3,(H,32,36);1H/t21-;/m1./s1. The second kappa shape index (κ2) is 12.2. The topological polar surface area (TPSA) is 122 Å². The number of nitrogens with two attached hydrogens (primary N) is 1. The molecule has 0 bridgehead atoms. The molecule has 2 aromatic rings. The van der Waals surface area contributed by atoms with Crippen molar-refractivity contribution in [3.8, 4) is 0 Å². The summed E-state index contributed by atoms with van der Waals surface area (Å²) in [5, 5.41) is 2.67. The Morgan fingerprint density at radius 2 is 1.63 bits per heavy atom. The maximum Gasteiger partial charge on any atom is 0.516 e. The zero-order valence-electron chi connectivity index (χ0n) is 22.7. The number of anilines is 1. The largest absolute Gasteiger partial charge is 0.516 e. The number of halogens is 4. The molecule has 1 saturated heterocycles. The second-order valence-electron chi connectivity index (χ2n) is 10.8. The van der Waals surface area contributed by atoms with Crippen LogP contribution in [0.15, 0.2) is 54.6 Å². The Kier molecular flexibility index (Phi) is 9.68. The molecule has 2 heterocycles. The molecule has 2 aliphatic heterocycles. The van der Waals surface area contributed by atoms with Gasteiger partial charge in [0.2, 0.25) is 11.8 Å². The van der Waals surface area contributed by atoms with Crippen LogP contribution in [0.2, 0.25) is 0 Å². The number of ether oxygens (including phenoxy) is 1. The van der Waals surface area contributed by atoms with Gasteiger partial charge >= 0.3 is 15.5 Å². The van der Waals surface area contributed by atoms with Gasteiger partial charge in [0.05, 0.1) is 24.4 Å². The third-order valence-electron chi connectivity index (χ3n) is 7.39. The Labute approximate surface area is 243 Å². The van der Waals surface area contributed by atoms with E-state index in [1.54, 1.807) is 12.1 Å². The van der Waals surface area contributed by atoms with Crippen molar-refractivity contribution in [1.82, 2.24) is 10.2 Å². The number of hydrogen-bond acceptors (Lipinski definition) is 6. The molecule has 9 nitrogen and oxygen atoms in total. The van der Waals surface area contributed by atoms with Gasteiger partial charge in [-0.15, -0.1) is 12.4 Å². The van der Waals surface area contributed by atoms with Gasteiger partial charge in [-0.1, -0.05) is 48.5 Å². The van der Waals surface area contributed by atoms with Crippen molar-refractivity contribution in [3.63, 3.8) is 0 Å². The van der Waals surface area contributed by atoms with E-state index in [0.717, 1.165) is 5.56 Å². The van der Waals surface area contributed by atoms with E-state index in [1.165, 1.54) is 30.9 Å². The maximum absolute atomic E-state index is 13.5. The number of amides is 2. The summed E-state index contributed by atoms with van der Waals surface area (Å²) < 4.78 is 71.3. The molecule has 0 saturated carbocycles. The summed E-state index contributed by atoms with van der Waals surface area (Å²) in [6.45, 7) is 3.08. The molecule has 2 aliphatic rings. The smallest absolute Gasteiger partial charge is 0.374 e. The van der Waals surface area contributed by atoms with Gasteiger partial charge in [0.1, 0.15) is 6.04 Å². The quantitative estimate of drug-likeness (QED) is 0.469. The molecule has 2 amide bonds. The van der Waals surface area contributed by atoms with Crippen molar-refractivity contribution >= 4 is 39.9 Å². The molecule has 0 aromatic heterocycles. The number of nitrogens with zero attached hydrogens (tertiary/aromatic N) is 2. The van der Waals surface area contributed by atoms with E-state index in [0.29, 0.717) is 9.87 Å². The van der Waals surface area contributed by atoms with Crippen LogP contribution in [-0.4, -0.2) is 68.5 Å². The zero-order valence-corrected chi connectivity index (χ0v) is 24.3. The molecule has 41 heavy (non-hydrogen) atoms.